The predicted octanol–water partition coefficient (Wildman–Crippen LogP) is 2.04. The summed E-state index contributed by atoms with van der Waals surface area (Å²) in [5.41, 5.74) is 7.66. The fourth-order valence-electron chi connectivity index (χ4n) is 2.99. The Bertz CT molecular complexity index is 817. The Labute approximate surface area is 166 Å². The molecule has 8 heteroatoms. The van der Waals surface area contributed by atoms with Crippen LogP contribution in [0.2, 0.25) is 0 Å². The molecule has 0 unspecified atom stereocenters. The number of hydrogen-bond acceptors (Lipinski definition) is 6. The quantitative estimate of drug-likeness (QED) is 0.357. The van der Waals surface area contributed by atoms with Gasteiger partial charge in [-0.2, -0.15) is 0 Å². The summed E-state index contributed by atoms with van der Waals surface area (Å²) < 4.78 is 0.849. The molecule has 1 fully saturated rings. The number of anilines is 2. The number of pyridine rings is 2. The predicted molar refractivity (Wildman–Crippen MR) is 111 cm³/mol. The summed E-state index contributed by atoms with van der Waals surface area (Å²) in [6, 6.07) is 7.09. The molecule has 1 atom stereocenters. The number of nitrogens with zero attached hydrogens (tertiary/aromatic N) is 3. The molecule has 0 saturated carbocycles. The van der Waals surface area contributed by atoms with Gasteiger partial charge in [-0.15, -0.1) is 0 Å². The summed E-state index contributed by atoms with van der Waals surface area (Å²) in [5.74, 6) is 0.553. The van der Waals surface area contributed by atoms with Crippen LogP contribution in [0.5, 0.6) is 0 Å². The van der Waals surface area contributed by atoms with Crippen molar-refractivity contribution in [2.24, 2.45) is 5.92 Å². The number of carbonyl (C=O) groups is 1. The van der Waals surface area contributed by atoms with E-state index in [4.69, 9.17) is 11.1 Å². The highest BCUT2D eigenvalue weighted by Crippen LogP contribution is 2.22. The van der Waals surface area contributed by atoms with E-state index in [2.05, 4.69) is 37.9 Å². The molecule has 7 nitrogen and oxygen atoms in total. The van der Waals surface area contributed by atoms with Crippen molar-refractivity contribution in [1.82, 2.24) is 15.3 Å². The van der Waals surface area contributed by atoms with Crippen molar-refractivity contribution in [2.45, 2.75) is 13.3 Å². The Hall–Kier alpha value is -2.07. The smallest absolute Gasteiger partial charge is 0.232 e. The number of nitrogens with one attached hydrogen (secondary N) is 2. The molecular weight excluding hydrogens is 443 g/mol. The Morgan fingerprint density at radius 2 is 2.23 bits per heavy atom. The van der Waals surface area contributed by atoms with Gasteiger partial charge in [-0.05, 0) is 66.7 Å². The summed E-state index contributed by atoms with van der Waals surface area (Å²) in [5, 5.41) is 11.7. The summed E-state index contributed by atoms with van der Waals surface area (Å²) in [7, 11) is 0. The molecule has 0 aromatic carbocycles. The first-order valence-electron chi connectivity index (χ1n) is 8.50. The molecule has 0 spiro atoms. The zero-order valence-corrected chi connectivity index (χ0v) is 16.7. The van der Waals surface area contributed by atoms with Crippen molar-refractivity contribution in [1.29, 1.82) is 5.41 Å². The van der Waals surface area contributed by atoms with E-state index in [1.165, 1.54) is 0 Å². The second kappa shape index (κ2) is 8.09. The molecule has 1 saturated heterocycles. The molecule has 2 aromatic rings. The second-order valence-corrected chi connectivity index (χ2v) is 7.23. The van der Waals surface area contributed by atoms with Crippen LogP contribution in [0.15, 0.2) is 30.5 Å². The number of halogens is 1. The highest BCUT2D eigenvalue weighted by molar-refractivity contribution is 14.1. The van der Waals surface area contributed by atoms with Crippen LogP contribution < -0.4 is 16.0 Å². The largest absolute Gasteiger partial charge is 0.397 e. The first-order valence-corrected chi connectivity index (χ1v) is 9.58. The van der Waals surface area contributed by atoms with Gasteiger partial charge in [0, 0.05) is 24.8 Å². The molecule has 2 aromatic heterocycles. The Morgan fingerprint density at radius 1 is 1.42 bits per heavy atom. The number of rotatable bonds is 5. The third-order valence-electron chi connectivity index (χ3n) is 4.43. The van der Waals surface area contributed by atoms with Gasteiger partial charge in [0.1, 0.15) is 15.2 Å². The normalized spacial score (nSPS) is 16.5. The molecule has 136 valence electrons. The fraction of sp³-hybridized carbons (Fsp3) is 0.333. The summed E-state index contributed by atoms with van der Waals surface area (Å²) in [4.78, 5) is 23.2. The van der Waals surface area contributed by atoms with Crippen molar-refractivity contribution in [2.75, 3.05) is 30.3 Å². The van der Waals surface area contributed by atoms with Gasteiger partial charge in [0.15, 0.2) is 0 Å². The minimum Gasteiger partial charge on any atom is -0.397 e. The topological polar surface area (TPSA) is 108 Å². The molecule has 0 radical (unpaired) electrons. The van der Waals surface area contributed by atoms with Crippen molar-refractivity contribution in [3.05, 3.63) is 45.4 Å². The van der Waals surface area contributed by atoms with Crippen LogP contribution in [0.4, 0.5) is 11.5 Å². The second-order valence-electron chi connectivity index (χ2n) is 6.12. The van der Waals surface area contributed by atoms with Crippen LogP contribution in [0.1, 0.15) is 24.6 Å². The van der Waals surface area contributed by atoms with Gasteiger partial charge >= 0.3 is 0 Å². The molecule has 3 heterocycles. The van der Waals surface area contributed by atoms with E-state index in [0.717, 1.165) is 16.7 Å². The lowest BCUT2D eigenvalue weighted by Gasteiger charge is -2.24. The summed E-state index contributed by atoms with van der Waals surface area (Å²) >= 11 is 2.11. The summed E-state index contributed by atoms with van der Waals surface area (Å²) in [6.07, 6.45) is 2.46. The van der Waals surface area contributed by atoms with Crippen molar-refractivity contribution < 1.29 is 4.79 Å². The van der Waals surface area contributed by atoms with Crippen molar-refractivity contribution in [3.63, 3.8) is 0 Å². The molecule has 3 rings (SSSR count). The van der Waals surface area contributed by atoms with Crippen molar-refractivity contribution >= 4 is 45.7 Å². The summed E-state index contributed by atoms with van der Waals surface area (Å²) in [6.45, 7) is 4.00. The van der Waals surface area contributed by atoms with Crippen LogP contribution in [0, 0.1) is 15.0 Å². The molecule has 0 bridgehead atoms. The van der Waals surface area contributed by atoms with Gasteiger partial charge in [0.25, 0.3) is 0 Å². The SMILES string of the molecule is CCN(C(=O)[C@@H]1CCNC1)c1ccc(N)c(C(=N)c2ccc(I)nc2)n1. The number of carbonyl (C=O) groups excluding carboxylic acids is 1. The molecule has 1 amide bonds. The average Bonchev–Trinajstić information content (AvgIpc) is 3.18. The Balaban J connectivity index is 1.91. The first kappa shape index (κ1) is 18.7. The number of amides is 1. The molecule has 4 N–H and O–H groups in total. The van der Waals surface area contributed by atoms with Crippen LogP contribution in [0.25, 0.3) is 0 Å². The fourth-order valence-corrected chi connectivity index (χ4v) is 3.31. The lowest BCUT2D eigenvalue weighted by atomic mass is 10.1. The van der Waals surface area contributed by atoms with Gasteiger partial charge in [-0.3, -0.25) is 15.1 Å². The maximum absolute atomic E-state index is 12.8. The lowest BCUT2D eigenvalue weighted by Crippen LogP contribution is -2.37. The van der Waals surface area contributed by atoms with Crippen LogP contribution in [-0.4, -0.2) is 41.2 Å². The highest BCUT2D eigenvalue weighted by atomic mass is 127. The van der Waals surface area contributed by atoms with Gasteiger partial charge in [0.2, 0.25) is 5.91 Å². The van der Waals surface area contributed by atoms with Crippen LogP contribution >= 0.6 is 22.6 Å². The molecule has 1 aliphatic heterocycles. The van der Waals surface area contributed by atoms with Gasteiger partial charge in [0.05, 0.1) is 17.3 Å². The van der Waals surface area contributed by atoms with Gasteiger partial charge in [-0.1, -0.05) is 0 Å². The van der Waals surface area contributed by atoms with E-state index >= 15 is 0 Å². The first-order chi connectivity index (χ1) is 12.5. The van der Waals surface area contributed by atoms with E-state index in [9.17, 15) is 4.79 Å². The lowest BCUT2D eigenvalue weighted by molar-refractivity contribution is -0.121. The Morgan fingerprint density at radius 3 is 2.85 bits per heavy atom. The van der Waals surface area contributed by atoms with E-state index < -0.39 is 0 Å². The molecule has 0 aliphatic carbocycles. The van der Waals surface area contributed by atoms with E-state index in [1.807, 2.05) is 19.1 Å². The molecule has 26 heavy (non-hydrogen) atoms. The standard InChI is InChI=1S/C18H21IN6O/c1-2-25(18(26)12-7-8-22-9-12)15-6-4-13(20)17(24-15)16(21)11-3-5-14(19)23-10-11/h3-6,10,12,21-22H,2,7-9,20H2,1H3/t12-/m1/s1. The molecule has 1 aliphatic rings. The van der Waals surface area contributed by atoms with Gasteiger partial charge < -0.3 is 11.1 Å². The number of nitrogen functional groups attached to an aromatic ring is 1. The number of aromatic nitrogens is 2. The van der Waals surface area contributed by atoms with Crippen LogP contribution in [0.3, 0.4) is 0 Å². The third-order valence-corrected chi connectivity index (χ3v) is 5.07. The number of nitrogens with two attached hydrogens (primary N) is 1. The third kappa shape index (κ3) is 3.85. The van der Waals surface area contributed by atoms with Gasteiger partial charge in [-0.25, -0.2) is 9.97 Å². The van der Waals surface area contributed by atoms with E-state index in [-0.39, 0.29) is 17.5 Å². The molecular formula is C18H21IN6O. The zero-order valence-electron chi connectivity index (χ0n) is 14.5. The van der Waals surface area contributed by atoms with E-state index in [0.29, 0.717) is 35.9 Å². The average molecular weight is 464 g/mol. The number of hydrogen-bond donors (Lipinski definition) is 3. The Kier molecular flexibility index (Phi) is 5.82. The minimum atomic E-state index is -0.0300. The van der Waals surface area contributed by atoms with Crippen molar-refractivity contribution in [3.8, 4) is 0 Å². The highest BCUT2D eigenvalue weighted by Gasteiger charge is 2.28. The zero-order chi connectivity index (χ0) is 18.7. The van der Waals surface area contributed by atoms with E-state index in [1.54, 1.807) is 23.2 Å². The minimum absolute atomic E-state index is 0.0300. The maximum atomic E-state index is 12.8. The van der Waals surface area contributed by atoms with Crippen LogP contribution in [-0.2, 0) is 4.79 Å². The monoisotopic (exact) mass is 464 g/mol. The maximum Gasteiger partial charge on any atom is 0.232 e.